The van der Waals surface area contributed by atoms with Gasteiger partial charge < -0.3 is 64.4 Å². The Kier molecular flexibility index (Phi) is 18.8. The summed E-state index contributed by atoms with van der Waals surface area (Å²) in [6.45, 7) is 4.15. The summed E-state index contributed by atoms with van der Waals surface area (Å²) >= 11 is 0. The number of aliphatic hydroxyl groups excluding tert-OH is 2. The van der Waals surface area contributed by atoms with Gasteiger partial charge in [0.15, 0.2) is 22.9 Å². The Morgan fingerprint density at radius 1 is 0.769 bits per heavy atom. The second-order valence-electron chi connectivity index (χ2n) is 11.1. The summed E-state index contributed by atoms with van der Waals surface area (Å²) in [5.41, 5.74) is 5.58. The van der Waals surface area contributed by atoms with Crippen molar-refractivity contribution in [3.05, 3.63) is 18.1 Å². The van der Waals surface area contributed by atoms with Gasteiger partial charge in [0, 0.05) is 33.0 Å². The fourth-order valence-electron chi connectivity index (χ4n) is 4.58. The van der Waals surface area contributed by atoms with Crippen LogP contribution >= 0.6 is 23.5 Å². The molecule has 1 fully saturated rings. The number of nitrogens with zero attached hydrogens (tertiary/aromatic N) is 5. The van der Waals surface area contributed by atoms with E-state index in [1.54, 1.807) is 0 Å². The van der Waals surface area contributed by atoms with Gasteiger partial charge in [0.05, 0.1) is 39.4 Å². The Balaban J connectivity index is 1.39. The van der Waals surface area contributed by atoms with E-state index in [0.717, 1.165) is 32.0 Å². The van der Waals surface area contributed by atoms with E-state index in [-0.39, 0.29) is 23.2 Å². The third kappa shape index (κ3) is 15.5. The Morgan fingerprint density at radius 3 is 1.96 bits per heavy atom. The Morgan fingerprint density at radius 2 is 1.37 bits per heavy atom. The largest absolute Gasteiger partial charge is 0.490 e. The first-order valence-corrected chi connectivity index (χ1v) is 20.6. The molecule has 1 aliphatic rings. The number of phosphoric ester groups is 1. The van der Waals surface area contributed by atoms with E-state index >= 15 is 0 Å². The maximum Gasteiger partial charge on any atom is 0.490 e. The molecule has 52 heavy (non-hydrogen) atoms. The molecule has 2 aromatic heterocycles. The van der Waals surface area contributed by atoms with Gasteiger partial charge >= 0.3 is 23.5 Å². The number of aliphatic hydroxyl groups is 2. The number of ether oxygens (including phenoxy) is 5. The highest BCUT2D eigenvalue weighted by Gasteiger charge is 2.47. The van der Waals surface area contributed by atoms with Crippen LogP contribution in [0.4, 0.5) is 0 Å². The first-order chi connectivity index (χ1) is 24.6. The van der Waals surface area contributed by atoms with Crippen molar-refractivity contribution in [1.29, 1.82) is 0 Å². The number of fused-ring (bicyclic) bond motifs is 1. The molecule has 0 saturated carbocycles. The molecule has 1 aliphatic heterocycles. The van der Waals surface area contributed by atoms with E-state index in [0.29, 0.717) is 70.6 Å². The van der Waals surface area contributed by atoms with Gasteiger partial charge in [-0.05, 0) is 38.6 Å². The van der Waals surface area contributed by atoms with E-state index in [1.165, 1.54) is 10.9 Å². The molecule has 3 heterocycles. The van der Waals surface area contributed by atoms with Crippen LogP contribution in [-0.4, -0.2) is 145 Å². The van der Waals surface area contributed by atoms with Crippen LogP contribution in [-0.2, 0) is 50.5 Å². The maximum atomic E-state index is 12.1. The van der Waals surface area contributed by atoms with Crippen molar-refractivity contribution in [3.63, 3.8) is 0 Å². The van der Waals surface area contributed by atoms with Crippen LogP contribution in [0.2, 0.25) is 0 Å². The predicted molar refractivity (Wildman–Crippen MR) is 174 cm³/mol. The van der Waals surface area contributed by atoms with E-state index < -0.39 is 54.6 Å². The Bertz CT molecular complexity index is 1570. The molecule has 0 aliphatic carbocycles. The highest BCUT2D eigenvalue weighted by atomic mass is 31.3. The van der Waals surface area contributed by atoms with E-state index in [1.807, 2.05) is 0 Å². The van der Waals surface area contributed by atoms with Gasteiger partial charge in [-0.3, -0.25) is 14.1 Å². The molecule has 27 heteroatoms. The highest BCUT2D eigenvalue weighted by Crippen LogP contribution is 2.66. The minimum atomic E-state index is -5.77. The van der Waals surface area contributed by atoms with Gasteiger partial charge in [-0.2, -0.15) is 13.4 Å². The molecule has 0 amide bonds. The second kappa shape index (κ2) is 22.0. The molecule has 2 aromatic rings. The molecule has 24 nitrogen and oxygen atoms in total. The van der Waals surface area contributed by atoms with Gasteiger partial charge in [-0.15, -0.1) is 0 Å². The highest BCUT2D eigenvalue weighted by molar-refractivity contribution is 7.66. The summed E-state index contributed by atoms with van der Waals surface area (Å²) in [4.78, 5) is 48.9. The SMILES string of the molecule is NCCCOCCOCCCCCOCCOCCCN=c1c2ncn(C3OC(COP(=O)(O)OP(=O)(O)OP(=O)(O)O)C(O)C3O)c2ncn1O. The van der Waals surface area contributed by atoms with Gasteiger partial charge in [0.2, 0.25) is 0 Å². The number of hydrogen-bond acceptors (Lipinski definition) is 18. The first-order valence-electron chi connectivity index (χ1n) is 16.1. The first kappa shape index (κ1) is 44.6. The standard InChI is InChI=1S/C25H47N6O18P3/c26-6-4-10-44-14-12-42-8-2-1-3-9-43-13-15-45-11-5-7-27-24-20-23(29-18-31(24)34)30(17-28-20)25-22(33)21(32)19(47-25)16-46-51(38,39)49-52(40,41)48-50(35,36)37/h17-19,21-22,25,32-34H,1-16,26H2,(H,38,39)(H,40,41)(H2,35,36,37). The lowest BCUT2D eigenvalue weighted by molar-refractivity contribution is -0.0503. The number of phosphoric acid groups is 3. The molecule has 6 atom stereocenters. The third-order valence-electron chi connectivity index (χ3n) is 6.94. The third-order valence-corrected chi connectivity index (χ3v) is 10.7. The van der Waals surface area contributed by atoms with Crippen LogP contribution < -0.4 is 11.2 Å². The van der Waals surface area contributed by atoms with Crippen LogP contribution in [0, 0.1) is 0 Å². The number of hydrogen-bond donors (Lipinski definition) is 8. The summed E-state index contributed by atoms with van der Waals surface area (Å²) in [6, 6.07) is 0. The number of nitrogens with two attached hydrogens (primary N) is 1. The lowest BCUT2D eigenvalue weighted by Gasteiger charge is -2.19. The van der Waals surface area contributed by atoms with Crippen molar-refractivity contribution in [2.24, 2.45) is 10.7 Å². The number of rotatable bonds is 27. The average molecular weight is 813 g/mol. The van der Waals surface area contributed by atoms with Crippen molar-refractivity contribution in [2.75, 3.05) is 72.6 Å². The molecular formula is C25H47N6O18P3. The monoisotopic (exact) mass is 812 g/mol. The van der Waals surface area contributed by atoms with Crippen molar-refractivity contribution in [1.82, 2.24) is 19.3 Å². The average Bonchev–Trinajstić information content (AvgIpc) is 3.60. The molecule has 0 spiro atoms. The summed E-state index contributed by atoms with van der Waals surface area (Å²) in [5.74, 6) is 0. The van der Waals surface area contributed by atoms with Crippen LogP contribution in [0.15, 0.2) is 17.6 Å². The van der Waals surface area contributed by atoms with Gasteiger partial charge in [0.1, 0.15) is 24.6 Å². The Hall–Kier alpha value is -1.76. The summed E-state index contributed by atoms with van der Waals surface area (Å²) in [5, 5.41) is 31.4. The second-order valence-corrected chi connectivity index (χ2v) is 15.5. The predicted octanol–water partition coefficient (Wildman–Crippen LogP) is -0.691. The molecular weight excluding hydrogens is 765 g/mol. The van der Waals surface area contributed by atoms with E-state index in [2.05, 4.69) is 28.1 Å². The maximum absolute atomic E-state index is 12.1. The fraction of sp³-hybridized carbons (Fsp3) is 0.800. The quantitative estimate of drug-likeness (QED) is 0.0314. The molecule has 0 radical (unpaired) electrons. The molecule has 0 bridgehead atoms. The van der Waals surface area contributed by atoms with Crippen LogP contribution in [0.1, 0.15) is 38.3 Å². The topological polar surface area (TPSA) is 341 Å². The Labute approximate surface area is 297 Å². The minimum absolute atomic E-state index is 0.0190. The van der Waals surface area contributed by atoms with E-state index in [4.69, 9.17) is 39.2 Å². The van der Waals surface area contributed by atoms with Gasteiger partial charge in [0.25, 0.3) is 0 Å². The summed E-state index contributed by atoms with van der Waals surface area (Å²) < 4.78 is 75.6. The zero-order valence-electron chi connectivity index (χ0n) is 28.1. The smallest absolute Gasteiger partial charge is 0.425 e. The zero-order chi connectivity index (χ0) is 38.2. The number of imidazole rings is 1. The summed E-state index contributed by atoms with van der Waals surface area (Å²) in [7, 11) is -16.9. The summed E-state index contributed by atoms with van der Waals surface area (Å²) in [6.07, 6.45) is 0.0300. The molecule has 6 unspecified atom stereocenters. The van der Waals surface area contributed by atoms with E-state index in [9.17, 15) is 38.9 Å². The number of unbranched alkanes of at least 4 members (excludes halogenated alkanes) is 2. The zero-order valence-corrected chi connectivity index (χ0v) is 30.7. The van der Waals surface area contributed by atoms with Crippen molar-refractivity contribution >= 4 is 34.6 Å². The van der Waals surface area contributed by atoms with Gasteiger partial charge in [-0.1, -0.05) is 0 Å². The molecule has 3 rings (SSSR count). The fourth-order valence-corrected chi connectivity index (χ4v) is 7.61. The molecule has 300 valence electrons. The minimum Gasteiger partial charge on any atom is -0.425 e. The lowest BCUT2D eigenvalue weighted by atomic mass is 10.1. The number of aromatic nitrogens is 4. The molecule has 1 saturated heterocycles. The van der Waals surface area contributed by atoms with Crippen LogP contribution in [0.5, 0.6) is 0 Å². The molecule has 9 N–H and O–H groups in total. The van der Waals surface area contributed by atoms with Crippen molar-refractivity contribution in [3.8, 4) is 0 Å². The lowest BCUT2D eigenvalue weighted by Crippen LogP contribution is -2.33. The van der Waals surface area contributed by atoms with Gasteiger partial charge in [-0.25, -0.2) is 23.7 Å². The van der Waals surface area contributed by atoms with Crippen molar-refractivity contribution < 1.29 is 85.5 Å². The van der Waals surface area contributed by atoms with Crippen molar-refractivity contribution in [2.45, 2.75) is 56.6 Å². The molecule has 0 aromatic carbocycles. The normalized spacial score (nSPS) is 22.2. The van der Waals surface area contributed by atoms with Crippen LogP contribution in [0.25, 0.3) is 11.2 Å². The van der Waals surface area contributed by atoms with Crippen LogP contribution in [0.3, 0.4) is 0 Å².